The standard InChI is InChI=1S/C16H6Cl2F5NS/c17-9-4-8(16(21,22)23)5-10(18)14(9)15-24-13(6-25-15)7-1-2-11(19)12(20)3-7/h1-6H. The minimum atomic E-state index is -4.58. The van der Waals surface area contributed by atoms with Crippen LogP contribution in [0.15, 0.2) is 35.7 Å². The summed E-state index contributed by atoms with van der Waals surface area (Å²) >= 11 is 13.0. The summed E-state index contributed by atoms with van der Waals surface area (Å²) in [4.78, 5) is 4.21. The first-order valence-corrected chi connectivity index (χ1v) is 8.28. The van der Waals surface area contributed by atoms with Crippen LogP contribution >= 0.6 is 34.5 Å². The average molecular weight is 410 g/mol. The fourth-order valence-electron chi connectivity index (χ4n) is 2.12. The lowest BCUT2D eigenvalue weighted by molar-refractivity contribution is -0.137. The van der Waals surface area contributed by atoms with Gasteiger partial charge in [0, 0.05) is 16.5 Å². The Morgan fingerprint density at radius 1 is 0.920 bits per heavy atom. The summed E-state index contributed by atoms with van der Waals surface area (Å²) in [6, 6.07) is 4.81. The second-order valence-electron chi connectivity index (χ2n) is 4.98. The number of thiazole rings is 1. The molecule has 0 amide bonds. The van der Waals surface area contributed by atoms with E-state index >= 15 is 0 Å². The number of halogens is 7. The average Bonchev–Trinajstić information content (AvgIpc) is 2.98. The van der Waals surface area contributed by atoms with Crippen molar-refractivity contribution in [3.8, 4) is 21.8 Å². The molecule has 0 saturated heterocycles. The zero-order valence-corrected chi connectivity index (χ0v) is 14.3. The number of benzene rings is 2. The first-order valence-electron chi connectivity index (χ1n) is 6.64. The van der Waals surface area contributed by atoms with E-state index in [0.717, 1.165) is 35.6 Å². The van der Waals surface area contributed by atoms with E-state index in [9.17, 15) is 22.0 Å². The summed E-state index contributed by atoms with van der Waals surface area (Å²) in [5.74, 6) is -2.02. The van der Waals surface area contributed by atoms with Gasteiger partial charge in [-0.2, -0.15) is 13.2 Å². The molecule has 0 atom stereocenters. The minimum Gasteiger partial charge on any atom is -0.236 e. The van der Waals surface area contributed by atoms with Crippen LogP contribution in [0, 0.1) is 11.6 Å². The summed E-state index contributed by atoms with van der Waals surface area (Å²) in [6.07, 6.45) is -4.58. The molecular formula is C16H6Cl2F5NS. The molecule has 0 bridgehead atoms. The molecule has 2 aromatic carbocycles. The zero-order chi connectivity index (χ0) is 18.4. The van der Waals surface area contributed by atoms with E-state index in [2.05, 4.69) is 4.98 Å². The normalized spacial score (nSPS) is 11.8. The van der Waals surface area contributed by atoms with Crippen LogP contribution in [0.3, 0.4) is 0 Å². The molecule has 25 heavy (non-hydrogen) atoms. The maximum Gasteiger partial charge on any atom is 0.416 e. The summed E-state index contributed by atoms with van der Waals surface area (Å²) in [6.45, 7) is 0. The maximum atomic E-state index is 13.3. The molecule has 0 aliphatic rings. The van der Waals surface area contributed by atoms with Gasteiger partial charge in [-0.05, 0) is 30.3 Å². The van der Waals surface area contributed by atoms with E-state index in [-0.39, 0.29) is 20.6 Å². The monoisotopic (exact) mass is 409 g/mol. The maximum absolute atomic E-state index is 13.3. The highest BCUT2D eigenvalue weighted by atomic mass is 35.5. The predicted molar refractivity (Wildman–Crippen MR) is 87.9 cm³/mol. The molecule has 0 saturated carbocycles. The van der Waals surface area contributed by atoms with Crippen molar-refractivity contribution < 1.29 is 22.0 Å². The van der Waals surface area contributed by atoms with Crippen LogP contribution in [0.1, 0.15) is 5.56 Å². The van der Waals surface area contributed by atoms with Gasteiger partial charge < -0.3 is 0 Å². The van der Waals surface area contributed by atoms with E-state index in [1.165, 1.54) is 6.07 Å². The number of rotatable bonds is 2. The largest absolute Gasteiger partial charge is 0.416 e. The van der Waals surface area contributed by atoms with Gasteiger partial charge in [-0.1, -0.05) is 23.2 Å². The molecule has 0 N–H and O–H groups in total. The highest BCUT2D eigenvalue weighted by Crippen LogP contribution is 2.42. The quantitative estimate of drug-likeness (QED) is 0.412. The van der Waals surface area contributed by atoms with Crippen LogP contribution in [0.2, 0.25) is 10.0 Å². The van der Waals surface area contributed by atoms with Crippen molar-refractivity contribution in [1.29, 1.82) is 0 Å². The van der Waals surface area contributed by atoms with Crippen molar-refractivity contribution in [2.45, 2.75) is 6.18 Å². The molecule has 9 heteroatoms. The molecule has 0 aliphatic heterocycles. The molecular weight excluding hydrogens is 404 g/mol. The molecule has 0 unspecified atom stereocenters. The van der Waals surface area contributed by atoms with E-state index in [1.54, 1.807) is 5.38 Å². The van der Waals surface area contributed by atoms with Crippen LogP contribution in [0.5, 0.6) is 0 Å². The van der Waals surface area contributed by atoms with Gasteiger partial charge in [0.25, 0.3) is 0 Å². The number of alkyl halides is 3. The van der Waals surface area contributed by atoms with Gasteiger partial charge in [-0.15, -0.1) is 11.3 Å². The summed E-state index contributed by atoms with van der Waals surface area (Å²) < 4.78 is 64.7. The van der Waals surface area contributed by atoms with Gasteiger partial charge in [0.15, 0.2) is 11.6 Å². The summed E-state index contributed by atoms with van der Waals surface area (Å²) in [7, 11) is 0. The Hall–Kier alpha value is -1.70. The second kappa shape index (κ2) is 6.55. The van der Waals surface area contributed by atoms with Crippen molar-refractivity contribution in [2.75, 3.05) is 0 Å². The van der Waals surface area contributed by atoms with Crippen molar-refractivity contribution >= 4 is 34.5 Å². The molecule has 0 radical (unpaired) electrons. The van der Waals surface area contributed by atoms with Gasteiger partial charge in [0.2, 0.25) is 0 Å². The van der Waals surface area contributed by atoms with Crippen molar-refractivity contribution in [1.82, 2.24) is 4.98 Å². The lowest BCUT2D eigenvalue weighted by Crippen LogP contribution is -2.05. The molecule has 1 nitrogen and oxygen atoms in total. The van der Waals surface area contributed by atoms with Gasteiger partial charge in [-0.3, -0.25) is 0 Å². The lowest BCUT2D eigenvalue weighted by atomic mass is 10.1. The second-order valence-corrected chi connectivity index (χ2v) is 6.65. The Labute approximate surface area is 152 Å². The van der Waals surface area contributed by atoms with Crippen molar-refractivity contribution in [3.05, 3.63) is 63.0 Å². The third kappa shape index (κ3) is 3.63. The highest BCUT2D eigenvalue weighted by molar-refractivity contribution is 7.13. The minimum absolute atomic E-state index is 0.148. The first kappa shape index (κ1) is 18.1. The lowest BCUT2D eigenvalue weighted by Gasteiger charge is -2.10. The zero-order valence-electron chi connectivity index (χ0n) is 12.0. The number of hydrogen-bond acceptors (Lipinski definition) is 2. The predicted octanol–water partition coefficient (Wildman–Crippen LogP) is 7.08. The molecule has 3 aromatic rings. The number of hydrogen-bond donors (Lipinski definition) is 0. The Morgan fingerprint density at radius 2 is 1.56 bits per heavy atom. The topological polar surface area (TPSA) is 12.9 Å². The van der Waals surface area contributed by atoms with Gasteiger partial charge in [-0.25, -0.2) is 13.8 Å². The molecule has 3 rings (SSSR count). The Kier molecular flexibility index (Phi) is 4.74. The molecule has 0 spiro atoms. The summed E-state index contributed by atoms with van der Waals surface area (Å²) in [5.41, 5.74) is -0.176. The Balaban J connectivity index is 2.04. The third-order valence-corrected chi connectivity index (χ3v) is 4.76. The van der Waals surface area contributed by atoms with Gasteiger partial charge >= 0.3 is 6.18 Å². The smallest absolute Gasteiger partial charge is 0.236 e. The molecule has 130 valence electrons. The third-order valence-electron chi connectivity index (χ3n) is 3.30. The van der Waals surface area contributed by atoms with Crippen LogP contribution in [0.25, 0.3) is 21.8 Å². The molecule has 0 fully saturated rings. The van der Waals surface area contributed by atoms with Crippen LogP contribution in [-0.2, 0) is 6.18 Å². The Morgan fingerprint density at radius 3 is 2.12 bits per heavy atom. The van der Waals surface area contributed by atoms with E-state index in [4.69, 9.17) is 23.2 Å². The molecule has 1 aromatic heterocycles. The Bertz CT molecular complexity index is 929. The van der Waals surface area contributed by atoms with Crippen molar-refractivity contribution in [3.63, 3.8) is 0 Å². The number of aromatic nitrogens is 1. The fraction of sp³-hybridized carbons (Fsp3) is 0.0625. The van der Waals surface area contributed by atoms with Crippen molar-refractivity contribution in [2.24, 2.45) is 0 Å². The van der Waals surface area contributed by atoms with E-state index < -0.39 is 23.4 Å². The fourth-order valence-corrected chi connectivity index (χ4v) is 3.80. The van der Waals surface area contributed by atoms with Crippen LogP contribution in [-0.4, -0.2) is 4.98 Å². The van der Waals surface area contributed by atoms with Gasteiger partial charge in [0.1, 0.15) is 5.01 Å². The summed E-state index contributed by atoms with van der Waals surface area (Å²) in [5, 5.41) is 1.41. The van der Waals surface area contributed by atoms with Gasteiger partial charge in [0.05, 0.1) is 21.3 Å². The molecule has 1 heterocycles. The number of nitrogens with zero attached hydrogens (tertiary/aromatic N) is 1. The van der Waals surface area contributed by atoms with Crippen LogP contribution < -0.4 is 0 Å². The SMILES string of the molecule is Fc1ccc(-c2csc(-c3c(Cl)cc(C(F)(F)F)cc3Cl)n2)cc1F. The van der Waals surface area contributed by atoms with E-state index in [0.29, 0.717) is 11.3 Å². The highest BCUT2D eigenvalue weighted by Gasteiger charge is 2.32. The van der Waals surface area contributed by atoms with Crippen LogP contribution in [0.4, 0.5) is 22.0 Å². The van der Waals surface area contributed by atoms with E-state index in [1.807, 2.05) is 0 Å². The molecule has 0 aliphatic carbocycles. The first-order chi connectivity index (χ1) is 11.7.